The van der Waals surface area contributed by atoms with E-state index in [1.807, 2.05) is 0 Å². The molecule has 1 unspecified atom stereocenters. The van der Waals surface area contributed by atoms with E-state index in [2.05, 4.69) is 5.32 Å². The second-order valence-electron chi connectivity index (χ2n) is 4.66. The first-order valence-electron chi connectivity index (χ1n) is 6.23. The predicted octanol–water partition coefficient (Wildman–Crippen LogP) is 0.999. The van der Waals surface area contributed by atoms with Gasteiger partial charge in [0.2, 0.25) is 6.79 Å². The van der Waals surface area contributed by atoms with Crippen LogP contribution in [0.25, 0.3) is 0 Å². The van der Waals surface area contributed by atoms with Crippen molar-refractivity contribution < 1.29 is 24.1 Å². The third-order valence-corrected chi connectivity index (χ3v) is 3.07. The van der Waals surface area contributed by atoms with Crippen molar-refractivity contribution in [2.24, 2.45) is 0 Å². The van der Waals surface area contributed by atoms with Gasteiger partial charge >= 0.3 is 5.97 Å². The number of nitrogens with one attached hydrogen (secondary N) is 1. The first-order valence-corrected chi connectivity index (χ1v) is 6.23. The lowest BCUT2D eigenvalue weighted by atomic mass is 10.3. The fourth-order valence-corrected chi connectivity index (χ4v) is 1.87. The smallest absolute Gasteiger partial charge is 0.324 e. The molecule has 0 bridgehead atoms. The average molecular weight is 265 g/mol. The minimum Gasteiger partial charge on any atom is -0.491 e. The van der Waals surface area contributed by atoms with Crippen molar-refractivity contribution in [2.45, 2.75) is 24.9 Å². The van der Waals surface area contributed by atoms with Crippen molar-refractivity contribution in [1.82, 2.24) is 5.32 Å². The van der Waals surface area contributed by atoms with E-state index in [-0.39, 0.29) is 13.4 Å². The van der Waals surface area contributed by atoms with Gasteiger partial charge < -0.3 is 19.3 Å². The first-order chi connectivity index (χ1) is 9.22. The van der Waals surface area contributed by atoms with Gasteiger partial charge in [-0.25, -0.2) is 0 Å². The molecule has 1 aliphatic carbocycles. The van der Waals surface area contributed by atoms with E-state index < -0.39 is 12.0 Å². The highest BCUT2D eigenvalue weighted by molar-refractivity contribution is 5.73. The zero-order valence-electron chi connectivity index (χ0n) is 10.3. The molecule has 0 spiro atoms. The molecule has 1 atom stereocenters. The Hall–Kier alpha value is -1.95. The van der Waals surface area contributed by atoms with Gasteiger partial charge in [0, 0.05) is 12.1 Å². The van der Waals surface area contributed by atoms with Crippen LogP contribution in [0.1, 0.15) is 12.8 Å². The molecule has 3 rings (SSSR count). The van der Waals surface area contributed by atoms with E-state index in [9.17, 15) is 4.79 Å². The first kappa shape index (κ1) is 12.1. The lowest BCUT2D eigenvalue weighted by Crippen LogP contribution is -2.42. The quantitative estimate of drug-likeness (QED) is 0.799. The summed E-state index contributed by atoms with van der Waals surface area (Å²) in [6.45, 7) is 0.297. The molecule has 1 saturated carbocycles. The summed E-state index contributed by atoms with van der Waals surface area (Å²) in [6.07, 6.45) is 2.07. The number of rotatable bonds is 6. The van der Waals surface area contributed by atoms with Crippen LogP contribution in [0.4, 0.5) is 0 Å². The number of benzene rings is 1. The second-order valence-corrected chi connectivity index (χ2v) is 4.66. The zero-order chi connectivity index (χ0) is 13.2. The average Bonchev–Trinajstić information content (AvgIpc) is 3.09. The Balaban J connectivity index is 1.59. The molecule has 19 heavy (non-hydrogen) atoms. The van der Waals surface area contributed by atoms with Crippen LogP contribution in [-0.4, -0.2) is 36.6 Å². The van der Waals surface area contributed by atoms with E-state index in [1.54, 1.807) is 18.2 Å². The van der Waals surface area contributed by atoms with Gasteiger partial charge in [-0.3, -0.25) is 10.1 Å². The monoisotopic (exact) mass is 265 g/mol. The van der Waals surface area contributed by atoms with Crippen LogP contribution in [-0.2, 0) is 4.79 Å². The summed E-state index contributed by atoms with van der Waals surface area (Å²) >= 11 is 0. The van der Waals surface area contributed by atoms with Crippen molar-refractivity contribution in [1.29, 1.82) is 0 Å². The summed E-state index contributed by atoms with van der Waals surface area (Å²) < 4.78 is 15.9. The van der Waals surface area contributed by atoms with Crippen LogP contribution in [0.15, 0.2) is 18.2 Å². The maximum Gasteiger partial charge on any atom is 0.324 e. The number of hydrogen-bond donors (Lipinski definition) is 2. The molecule has 0 aromatic heterocycles. The van der Waals surface area contributed by atoms with Crippen molar-refractivity contribution >= 4 is 5.97 Å². The van der Waals surface area contributed by atoms with Gasteiger partial charge in [-0.15, -0.1) is 0 Å². The topological polar surface area (TPSA) is 77.0 Å². The molecule has 0 amide bonds. The normalized spacial score (nSPS) is 18.1. The molecule has 0 saturated heterocycles. The summed E-state index contributed by atoms with van der Waals surface area (Å²) in [5, 5.41) is 12.1. The van der Waals surface area contributed by atoms with E-state index in [1.165, 1.54) is 0 Å². The molecule has 6 heteroatoms. The number of ether oxygens (including phenoxy) is 3. The molecule has 1 aromatic carbocycles. The van der Waals surface area contributed by atoms with Crippen molar-refractivity contribution in [3.8, 4) is 17.2 Å². The van der Waals surface area contributed by atoms with Gasteiger partial charge in [-0.2, -0.15) is 0 Å². The molecule has 0 radical (unpaired) electrons. The van der Waals surface area contributed by atoms with E-state index in [0.717, 1.165) is 12.8 Å². The molecule has 1 fully saturated rings. The lowest BCUT2D eigenvalue weighted by Gasteiger charge is -2.15. The third kappa shape index (κ3) is 2.90. The highest BCUT2D eigenvalue weighted by Crippen LogP contribution is 2.35. The Kier molecular flexibility index (Phi) is 3.16. The molecule has 6 nitrogen and oxygen atoms in total. The second kappa shape index (κ2) is 4.97. The molecule has 1 heterocycles. The predicted molar refractivity (Wildman–Crippen MR) is 65.6 cm³/mol. The Morgan fingerprint density at radius 1 is 1.42 bits per heavy atom. The zero-order valence-corrected chi connectivity index (χ0v) is 10.3. The van der Waals surface area contributed by atoms with Gasteiger partial charge in [0.15, 0.2) is 11.5 Å². The lowest BCUT2D eigenvalue weighted by molar-refractivity contribution is -0.140. The van der Waals surface area contributed by atoms with Crippen molar-refractivity contribution in [3.05, 3.63) is 18.2 Å². The maximum atomic E-state index is 11.1. The van der Waals surface area contributed by atoms with Crippen LogP contribution in [0.2, 0.25) is 0 Å². The van der Waals surface area contributed by atoms with Crippen LogP contribution in [0, 0.1) is 0 Å². The van der Waals surface area contributed by atoms with Crippen molar-refractivity contribution in [2.75, 3.05) is 13.4 Å². The fourth-order valence-electron chi connectivity index (χ4n) is 1.87. The number of hydrogen-bond acceptors (Lipinski definition) is 5. The number of fused-ring (bicyclic) bond motifs is 1. The summed E-state index contributed by atoms with van der Waals surface area (Å²) in [7, 11) is 0. The van der Waals surface area contributed by atoms with Gasteiger partial charge in [0.1, 0.15) is 18.4 Å². The number of carboxylic acids is 1. The molecule has 2 N–H and O–H groups in total. The third-order valence-electron chi connectivity index (χ3n) is 3.07. The van der Waals surface area contributed by atoms with Crippen LogP contribution >= 0.6 is 0 Å². The Morgan fingerprint density at radius 3 is 2.95 bits per heavy atom. The number of carbonyl (C=O) groups is 1. The van der Waals surface area contributed by atoms with Gasteiger partial charge in [-0.1, -0.05) is 0 Å². The summed E-state index contributed by atoms with van der Waals surface area (Å²) in [4.78, 5) is 11.1. The largest absolute Gasteiger partial charge is 0.491 e. The SMILES string of the molecule is O=C(O)C(COc1ccc2c(c1)OCO2)NC1CC1. The highest BCUT2D eigenvalue weighted by Gasteiger charge is 2.28. The minimum atomic E-state index is -0.896. The summed E-state index contributed by atoms with van der Waals surface area (Å²) in [5.41, 5.74) is 0. The minimum absolute atomic E-state index is 0.0888. The van der Waals surface area contributed by atoms with E-state index in [0.29, 0.717) is 23.3 Å². The van der Waals surface area contributed by atoms with Crippen molar-refractivity contribution in [3.63, 3.8) is 0 Å². The fraction of sp³-hybridized carbons (Fsp3) is 0.462. The highest BCUT2D eigenvalue weighted by atomic mass is 16.7. The van der Waals surface area contributed by atoms with E-state index in [4.69, 9.17) is 19.3 Å². The number of aliphatic carboxylic acids is 1. The summed E-state index contributed by atoms with van der Waals surface area (Å²) in [5.74, 6) is 0.985. The molecule has 2 aliphatic rings. The Morgan fingerprint density at radius 2 is 2.21 bits per heavy atom. The van der Waals surface area contributed by atoms with E-state index >= 15 is 0 Å². The Bertz CT molecular complexity index is 486. The van der Waals surface area contributed by atoms with Crippen LogP contribution < -0.4 is 19.5 Å². The molecule has 1 aromatic rings. The molecule has 102 valence electrons. The number of carboxylic acid groups (broad SMARTS) is 1. The molecule has 1 aliphatic heterocycles. The summed E-state index contributed by atoms with van der Waals surface area (Å²) in [6, 6.07) is 4.84. The van der Waals surface area contributed by atoms with Crippen LogP contribution in [0.5, 0.6) is 17.2 Å². The maximum absolute atomic E-state index is 11.1. The standard InChI is InChI=1S/C13H15NO5/c15-13(16)10(14-8-1-2-8)6-17-9-3-4-11-12(5-9)19-7-18-11/h3-5,8,10,14H,1-2,6-7H2,(H,15,16). The van der Waals surface area contributed by atoms with Gasteiger partial charge in [-0.05, 0) is 25.0 Å². The van der Waals surface area contributed by atoms with Gasteiger partial charge in [0.25, 0.3) is 0 Å². The molecular weight excluding hydrogens is 250 g/mol. The Labute approximate surface area is 110 Å². The molecular formula is C13H15NO5. The van der Waals surface area contributed by atoms with Gasteiger partial charge in [0.05, 0.1) is 0 Å². The van der Waals surface area contributed by atoms with Crippen LogP contribution in [0.3, 0.4) is 0 Å².